The first kappa shape index (κ1) is 17.7. The zero-order chi connectivity index (χ0) is 17.8. The predicted molar refractivity (Wildman–Crippen MR) is 101 cm³/mol. The second-order valence-electron chi connectivity index (χ2n) is 6.08. The zero-order valence-corrected chi connectivity index (χ0v) is 15.5. The van der Waals surface area contributed by atoms with Crippen LogP contribution in [0.5, 0.6) is 0 Å². The topological polar surface area (TPSA) is 60.6 Å². The van der Waals surface area contributed by atoms with Crippen LogP contribution in [0.2, 0.25) is 5.02 Å². The minimum atomic E-state index is -0.165. The van der Waals surface area contributed by atoms with Crippen molar-refractivity contribution in [3.8, 4) is 6.07 Å². The first-order chi connectivity index (χ1) is 12.1. The molecule has 2 heterocycles. The number of hydrogen-bond donors (Lipinski definition) is 2. The highest BCUT2D eigenvalue weighted by Gasteiger charge is 2.30. The van der Waals surface area contributed by atoms with Gasteiger partial charge in [0.2, 0.25) is 0 Å². The van der Waals surface area contributed by atoms with Crippen LogP contribution in [0.4, 0.5) is 10.7 Å². The maximum atomic E-state index is 12.5. The average molecular weight is 376 g/mol. The molecular weight excluding hydrogens is 356 g/mol. The van der Waals surface area contributed by atoms with Crippen LogP contribution in [0, 0.1) is 11.3 Å². The lowest BCUT2D eigenvalue weighted by atomic mass is 10.2. The van der Waals surface area contributed by atoms with E-state index >= 15 is 0 Å². The van der Waals surface area contributed by atoms with E-state index < -0.39 is 0 Å². The van der Waals surface area contributed by atoms with Crippen LogP contribution in [0.25, 0.3) is 0 Å². The predicted octanol–water partition coefficient (Wildman–Crippen LogP) is 2.01. The summed E-state index contributed by atoms with van der Waals surface area (Å²) >= 11 is 7.66. The van der Waals surface area contributed by atoms with E-state index in [4.69, 9.17) is 16.9 Å². The van der Waals surface area contributed by atoms with Gasteiger partial charge in [0, 0.05) is 0 Å². The Morgan fingerprint density at radius 3 is 2.76 bits per heavy atom. The fraction of sp³-hybridized carbons (Fsp3) is 0.333. The molecule has 1 amide bonds. The Morgan fingerprint density at radius 1 is 1.36 bits per heavy atom. The SMILES string of the molecule is C[C@@H](C(=O)Nc1sccc1C#N)[NH+]1CCN(c2ccccc2Cl)CC1. The van der Waals surface area contributed by atoms with Crippen LogP contribution < -0.4 is 15.1 Å². The Morgan fingerprint density at radius 2 is 2.08 bits per heavy atom. The molecule has 130 valence electrons. The molecule has 2 aromatic rings. The van der Waals surface area contributed by atoms with Crippen LogP contribution in [0.3, 0.4) is 0 Å². The first-order valence-corrected chi connectivity index (χ1v) is 9.48. The molecule has 1 atom stereocenters. The van der Waals surface area contributed by atoms with Gasteiger partial charge in [-0.25, -0.2) is 0 Å². The number of amides is 1. The summed E-state index contributed by atoms with van der Waals surface area (Å²) in [5.41, 5.74) is 1.57. The number of carbonyl (C=O) groups excluding carboxylic acids is 1. The fourth-order valence-corrected chi connectivity index (χ4v) is 4.07. The number of anilines is 2. The third-order valence-corrected chi connectivity index (χ3v) is 5.78. The molecule has 0 bridgehead atoms. The molecule has 1 fully saturated rings. The second-order valence-corrected chi connectivity index (χ2v) is 7.41. The molecule has 5 nitrogen and oxygen atoms in total. The number of nitriles is 1. The van der Waals surface area contributed by atoms with Crippen LogP contribution in [0.15, 0.2) is 35.7 Å². The molecule has 0 radical (unpaired) electrons. The van der Waals surface area contributed by atoms with Crippen molar-refractivity contribution in [3.63, 3.8) is 0 Å². The van der Waals surface area contributed by atoms with Gasteiger partial charge >= 0.3 is 0 Å². The average Bonchev–Trinajstić information content (AvgIpc) is 3.09. The van der Waals surface area contributed by atoms with Crippen LogP contribution in [0.1, 0.15) is 12.5 Å². The number of piperazine rings is 1. The highest BCUT2D eigenvalue weighted by Crippen LogP contribution is 2.25. The lowest BCUT2D eigenvalue weighted by molar-refractivity contribution is -0.914. The molecule has 1 saturated heterocycles. The van der Waals surface area contributed by atoms with E-state index in [1.807, 2.05) is 36.6 Å². The molecule has 1 aliphatic rings. The van der Waals surface area contributed by atoms with Crippen LogP contribution in [-0.2, 0) is 4.79 Å². The number of halogens is 1. The van der Waals surface area contributed by atoms with Crippen molar-refractivity contribution in [1.29, 1.82) is 5.26 Å². The van der Waals surface area contributed by atoms with E-state index in [1.54, 1.807) is 6.07 Å². The fourth-order valence-electron chi connectivity index (χ4n) is 3.08. The number of benzene rings is 1. The normalized spacial score (nSPS) is 16.3. The summed E-state index contributed by atoms with van der Waals surface area (Å²) in [4.78, 5) is 16.0. The molecule has 0 saturated carbocycles. The summed E-state index contributed by atoms with van der Waals surface area (Å²) in [5, 5.41) is 15.2. The number of nitrogens with one attached hydrogen (secondary N) is 2. The highest BCUT2D eigenvalue weighted by molar-refractivity contribution is 7.14. The van der Waals surface area contributed by atoms with Crippen molar-refractivity contribution in [2.24, 2.45) is 0 Å². The highest BCUT2D eigenvalue weighted by atomic mass is 35.5. The largest absolute Gasteiger partial charge is 0.359 e. The number of hydrogen-bond acceptors (Lipinski definition) is 4. The summed E-state index contributed by atoms with van der Waals surface area (Å²) in [6.45, 7) is 5.40. The number of rotatable bonds is 4. The molecule has 25 heavy (non-hydrogen) atoms. The molecule has 0 spiro atoms. The van der Waals surface area contributed by atoms with Crippen molar-refractivity contribution in [1.82, 2.24) is 0 Å². The number of para-hydroxylation sites is 1. The maximum Gasteiger partial charge on any atom is 0.283 e. The Balaban J connectivity index is 1.58. The minimum absolute atomic E-state index is 0.0415. The van der Waals surface area contributed by atoms with Gasteiger partial charge < -0.3 is 15.1 Å². The zero-order valence-electron chi connectivity index (χ0n) is 14.0. The molecule has 1 aromatic carbocycles. The van der Waals surface area contributed by atoms with Gasteiger partial charge in [-0.2, -0.15) is 5.26 Å². The summed E-state index contributed by atoms with van der Waals surface area (Å²) in [6, 6.07) is 11.5. The van der Waals surface area contributed by atoms with Crippen LogP contribution >= 0.6 is 22.9 Å². The maximum absolute atomic E-state index is 12.5. The van der Waals surface area contributed by atoms with Gasteiger partial charge in [-0.15, -0.1) is 11.3 Å². The van der Waals surface area contributed by atoms with Crippen LogP contribution in [-0.4, -0.2) is 38.1 Å². The van der Waals surface area contributed by atoms with E-state index in [9.17, 15) is 4.79 Å². The molecule has 1 aliphatic heterocycles. The number of thiophene rings is 1. The van der Waals surface area contributed by atoms with Gasteiger partial charge in [-0.05, 0) is 30.5 Å². The summed E-state index contributed by atoms with van der Waals surface area (Å²) in [5.74, 6) is -0.0415. The molecule has 0 aliphatic carbocycles. The third kappa shape index (κ3) is 3.96. The number of nitrogens with zero attached hydrogens (tertiary/aromatic N) is 2. The smallest absolute Gasteiger partial charge is 0.283 e. The van der Waals surface area contributed by atoms with E-state index in [0.717, 1.165) is 36.9 Å². The summed E-state index contributed by atoms with van der Waals surface area (Å²) < 4.78 is 0. The lowest BCUT2D eigenvalue weighted by Gasteiger charge is -2.36. The van der Waals surface area contributed by atoms with Crippen molar-refractivity contribution >= 4 is 39.5 Å². The second kappa shape index (κ2) is 7.87. The van der Waals surface area contributed by atoms with E-state index in [0.29, 0.717) is 10.6 Å². The van der Waals surface area contributed by atoms with Gasteiger partial charge in [0.1, 0.15) is 11.1 Å². The Hall–Kier alpha value is -2.07. The molecule has 0 unspecified atom stereocenters. The number of carbonyl (C=O) groups is 1. The lowest BCUT2D eigenvalue weighted by Crippen LogP contribution is -3.19. The molecule has 2 N–H and O–H groups in total. The van der Waals surface area contributed by atoms with Gasteiger partial charge in [-0.1, -0.05) is 23.7 Å². The molecular formula is C18H20ClN4OS+. The quantitative estimate of drug-likeness (QED) is 0.859. The van der Waals surface area contributed by atoms with Gasteiger partial charge in [0.15, 0.2) is 6.04 Å². The van der Waals surface area contributed by atoms with E-state index in [1.165, 1.54) is 16.2 Å². The Labute approximate surface area is 156 Å². The van der Waals surface area contributed by atoms with Crippen molar-refractivity contribution in [2.75, 3.05) is 36.4 Å². The summed E-state index contributed by atoms with van der Waals surface area (Å²) in [7, 11) is 0. The van der Waals surface area contributed by atoms with E-state index in [2.05, 4.69) is 16.3 Å². The third-order valence-electron chi connectivity index (χ3n) is 4.63. The van der Waals surface area contributed by atoms with Gasteiger partial charge in [0.05, 0.1) is 42.5 Å². The Kier molecular flexibility index (Phi) is 5.59. The first-order valence-electron chi connectivity index (χ1n) is 8.22. The standard InChI is InChI=1S/C18H19ClN4OS/c1-13(17(24)21-18-14(12-20)6-11-25-18)22-7-9-23(10-8-22)16-5-3-2-4-15(16)19/h2-6,11,13H,7-10H2,1H3,(H,21,24)/p+1/t13-/m0/s1. The molecule has 1 aromatic heterocycles. The minimum Gasteiger partial charge on any atom is -0.359 e. The summed E-state index contributed by atoms with van der Waals surface area (Å²) in [6.07, 6.45) is 0. The van der Waals surface area contributed by atoms with E-state index in [-0.39, 0.29) is 11.9 Å². The van der Waals surface area contributed by atoms with Crippen molar-refractivity contribution in [2.45, 2.75) is 13.0 Å². The molecule has 7 heteroatoms. The monoisotopic (exact) mass is 375 g/mol. The Bertz CT molecular complexity index is 792. The van der Waals surface area contributed by atoms with Gasteiger partial charge in [-0.3, -0.25) is 4.79 Å². The molecule has 3 rings (SSSR count). The van der Waals surface area contributed by atoms with Crippen molar-refractivity contribution in [3.05, 3.63) is 46.3 Å². The van der Waals surface area contributed by atoms with Gasteiger partial charge in [0.25, 0.3) is 5.91 Å². The van der Waals surface area contributed by atoms with Crippen molar-refractivity contribution < 1.29 is 9.69 Å². The number of quaternary nitrogens is 1.